The highest BCUT2D eigenvalue weighted by molar-refractivity contribution is 6.05. The van der Waals surface area contributed by atoms with Crippen LogP contribution in [0.4, 0.5) is 10.6 Å². The van der Waals surface area contributed by atoms with Gasteiger partial charge in [0.15, 0.2) is 5.82 Å². The minimum atomic E-state index is -0.504. The van der Waals surface area contributed by atoms with E-state index in [2.05, 4.69) is 25.7 Å². The number of fused-ring (bicyclic) bond motifs is 1. The Morgan fingerprint density at radius 3 is 2.58 bits per heavy atom. The molecule has 0 radical (unpaired) electrons. The molecule has 2 amide bonds. The van der Waals surface area contributed by atoms with Gasteiger partial charge in [0.2, 0.25) is 0 Å². The number of hydrogen-bond acceptors (Lipinski definition) is 7. The van der Waals surface area contributed by atoms with E-state index in [1.807, 2.05) is 42.5 Å². The minimum absolute atomic E-state index is 0.203. The fourth-order valence-corrected chi connectivity index (χ4v) is 3.32. The number of rotatable bonds is 8. The number of nitrogens with zero attached hydrogens (tertiary/aromatic N) is 4. The van der Waals surface area contributed by atoms with Gasteiger partial charge in [-0.25, -0.2) is 14.3 Å². The SMILES string of the molecule is Nc1ncnn2c(-c3ccncc3)cc(C(=O)NCCCNC(=O)OCc3ccccc3)c12. The Kier molecular flexibility index (Phi) is 6.74. The lowest BCUT2D eigenvalue weighted by Crippen LogP contribution is -2.30. The third kappa shape index (κ3) is 5.24. The van der Waals surface area contributed by atoms with Crippen molar-refractivity contribution in [2.75, 3.05) is 18.8 Å². The minimum Gasteiger partial charge on any atom is -0.445 e. The Bertz CT molecular complexity index is 1240. The summed E-state index contributed by atoms with van der Waals surface area (Å²) in [5, 5.41) is 9.77. The van der Waals surface area contributed by atoms with Crippen LogP contribution < -0.4 is 16.4 Å². The van der Waals surface area contributed by atoms with E-state index >= 15 is 0 Å². The van der Waals surface area contributed by atoms with Gasteiger partial charge in [0.1, 0.15) is 18.5 Å². The number of alkyl carbamates (subject to hydrolysis) is 1. The summed E-state index contributed by atoms with van der Waals surface area (Å²) in [6, 6.07) is 14.8. The van der Waals surface area contributed by atoms with Crippen LogP contribution >= 0.6 is 0 Å². The summed E-state index contributed by atoms with van der Waals surface area (Å²) in [4.78, 5) is 32.7. The van der Waals surface area contributed by atoms with Crippen molar-refractivity contribution >= 4 is 23.3 Å². The summed E-state index contributed by atoms with van der Waals surface area (Å²) in [5.41, 5.74) is 9.30. The zero-order valence-electron chi connectivity index (χ0n) is 17.8. The van der Waals surface area contributed by atoms with Gasteiger partial charge in [-0.15, -0.1) is 0 Å². The van der Waals surface area contributed by atoms with Gasteiger partial charge in [-0.2, -0.15) is 5.10 Å². The number of hydrogen-bond donors (Lipinski definition) is 3. The van der Waals surface area contributed by atoms with Crippen LogP contribution in [0, 0.1) is 0 Å². The van der Waals surface area contributed by atoms with Crippen molar-refractivity contribution in [3.05, 3.63) is 78.4 Å². The highest BCUT2D eigenvalue weighted by Crippen LogP contribution is 2.27. The molecule has 33 heavy (non-hydrogen) atoms. The van der Waals surface area contributed by atoms with Crippen LogP contribution in [-0.4, -0.2) is 44.7 Å². The first-order valence-electron chi connectivity index (χ1n) is 10.4. The fraction of sp³-hybridized carbons (Fsp3) is 0.174. The number of nitrogens with one attached hydrogen (secondary N) is 2. The second kappa shape index (κ2) is 10.2. The van der Waals surface area contributed by atoms with Gasteiger partial charge in [0.05, 0.1) is 11.3 Å². The summed E-state index contributed by atoms with van der Waals surface area (Å²) in [5.74, 6) is -0.0979. The van der Waals surface area contributed by atoms with E-state index in [1.54, 1.807) is 23.0 Å². The Hall–Kier alpha value is -4.47. The lowest BCUT2D eigenvalue weighted by molar-refractivity contribution is 0.0955. The van der Waals surface area contributed by atoms with Crippen LogP contribution in [0.3, 0.4) is 0 Å². The maximum atomic E-state index is 12.9. The summed E-state index contributed by atoms with van der Waals surface area (Å²) < 4.78 is 6.75. The normalized spacial score (nSPS) is 10.7. The molecule has 0 saturated heterocycles. The summed E-state index contributed by atoms with van der Waals surface area (Å²) in [6.45, 7) is 0.916. The highest BCUT2D eigenvalue weighted by atomic mass is 16.5. The van der Waals surface area contributed by atoms with Gasteiger partial charge in [-0.05, 0) is 30.2 Å². The number of carbonyl (C=O) groups is 2. The van der Waals surface area contributed by atoms with Crippen LogP contribution in [0.25, 0.3) is 16.8 Å². The largest absolute Gasteiger partial charge is 0.445 e. The van der Waals surface area contributed by atoms with E-state index < -0.39 is 6.09 Å². The lowest BCUT2D eigenvalue weighted by atomic mass is 10.1. The molecule has 4 N–H and O–H groups in total. The van der Waals surface area contributed by atoms with Crippen molar-refractivity contribution in [3.63, 3.8) is 0 Å². The number of benzene rings is 1. The van der Waals surface area contributed by atoms with E-state index in [9.17, 15) is 9.59 Å². The van der Waals surface area contributed by atoms with E-state index in [0.717, 1.165) is 11.1 Å². The van der Waals surface area contributed by atoms with Gasteiger partial charge in [-0.1, -0.05) is 30.3 Å². The standard InChI is InChI=1S/C23H23N7O3/c24-21-20-18(13-19(30(20)29-15-28-21)17-7-11-25-12-8-17)22(31)26-9-4-10-27-23(32)33-14-16-5-2-1-3-6-16/h1-3,5-8,11-13,15H,4,9-10,14H2,(H,26,31)(H,27,32)(H2,24,28,29). The molecular formula is C23H23N7O3. The molecule has 0 saturated carbocycles. The molecule has 0 spiro atoms. The van der Waals surface area contributed by atoms with Gasteiger partial charge >= 0.3 is 6.09 Å². The monoisotopic (exact) mass is 445 g/mol. The molecule has 0 bridgehead atoms. The molecule has 168 valence electrons. The molecular weight excluding hydrogens is 422 g/mol. The number of amides is 2. The van der Waals surface area contributed by atoms with Crippen molar-refractivity contribution in [2.45, 2.75) is 13.0 Å². The molecule has 10 heteroatoms. The van der Waals surface area contributed by atoms with Crippen LogP contribution in [-0.2, 0) is 11.3 Å². The van der Waals surface area contributed by atoms with Crippen molar-refractivity contribution in [1.29, 1.82) is 0 Å². The maximum Gasteiger partial charge on any atom is 0.407 e. The van der Waals surface area contributed by atoms with E-state index in [4.69, 9.17) is 10.5 Å². The predicted molar refractivity (Wildman–Crippen MR) is 122 cm³/mol. The van der Waals surface area contributed by atoms with Crippen molar-refractivity contribution in [1.82, 2.24) is 30.2 Å². The molecule has 0 fully saturated rings. The first kappa shape index (κ1) is 21.8. The van der Waals surface area contributed by atoms with E-state index in [1.165, 1.54) is 6.33 Å². The third-order valence-corrected chi connectivity index (χ3v) is 4.92. The second-order valence-corrected chi connectivity index (χ2v) is 7.18. The average Bonchev–Trinajstić information content (AvgIpc) is 3.25. The molecule has 0 unspecified atom stereocenters. The van der Waals surface area contributed by atoms with Crippen molar-refractivity contribution in [3.8, 4) is 11.3 Å². The molecule has 0 atom stereocenters. The van der Waals surface area contributed by atoms with Crippen LogP contribution in [0.15, 0.2) is 67.3 Å². The molecule has 0 aliphatic heterocycles. The number of aromatic nitrogens is 4. The van der Waals surface area contributed by atoms with Gasteiger partial charge < -0.3 is 21.1 Å². The zero-order valence-corrected chi connectivity index (χ0v) is 17.8. The van der Waals surface area contributed by atoms with Crippen LogP contribution in [0.5, 0.6) is 0 Å². The first-order chi connectivity index (χ1) is 16.1. The third-order valence-electron chi connectivity index (χ3n) is 4.92. The summed E-state index contributed by atoms with van der Waals surface area (Å²) in [6.07, 6.45) is 4.70. The molecule has 1 aromatic carbocycles. The Labute approximate surface area is 189 Å². The molecule has 0 aliphatic rings. The number of carbonyl (C=O) groups excluding carboxylic acids is 2. The topological polar surface area (TPSA) is 137 Å². The van der Waals surface area contributed by atoms with Crippen molar-refractivity contribution in [2.24, 2.45) is 0 Å². The number of nitrogens with two attached hydrogens (primary N) is 1. The van der Waals surface area contributed by atoms with Crippen LogP contribution in [0.1, 0.15) is 22.3 Å². The molecule has 4 rings (SSSR count). The Morgan fingerprint density at radius 1 is 1.03 bits per heavy atom. The summed E-state index contributed by atoms with van der Waals surface area (Å²) in [7, 11) is 0. The Balaban J connectivity index is 1.32. The number of anilines is 1. The second-order valence-electron chi connectivity index (χ2n) is 7.18. The van der Waals surface area contributed by atoms with Gasteiger partial charge in [0, 0.05) is 31.0 Å². The smallest absolute Gasteiger partial charge is 0.407 e. The highest BCUT2D eigenvalue weighted by Gasteiger charge is 2.19. The summed E-state index contributed by atoms with van der Waals surface area (Å²) >= 11 is 0. The molecule has 3 heterocycles. The van der Waals surface area contributed by atoms with E-state index in [0.29, 0.717) is 36.3 Å². The van der Waals surface area contributed by atoms with E-state index in [-0.39, 0.29) is 18.3 Å². The van der Waals surface area contributed by atoms with Gasteiger partial charge in [-0.3, -0.25) is 9.78 Å². The quantitative estimate of drug-likeness (QED) is 0.354. The zero-order chi connectivity index (χ0) is 23.0. The lowest BCUT2D eigenvalue weighted by Gasteiger charge is -2.08. The fourth-order valence-electron chi connectivity index (χ4n) is 3.32. The van der Waals surface area contributed by atoms with Crippen molar-refractivity contribution < 1.29 is 14.3 Å². The molecule has 10 nitrogen and oxygen atoms in total. The number of ether oxygens (including phenoxy) is 1. The maximum absolute atomic E-state index is 12.9. The average molecular weight is 445 g/mol. The predicted octanol–water partition coefficient (Wildman–Crippen LogP) is 2.42. The first-order valence-corrected chi connectivity index (χ1v) is 10.4. The number of nitrogen functional groups attached to an aromatic ring is 1. The Morgan fingerprint density at radius 2 is 1.79 bits per heavy atom. The number of pyridine rings is 1. The molecule has 3 aromatic heterocycles. The molecule has 4 aromatic rings. The molecule has 0 aliphatic carbocycles. The van der Waals surface area contributed by atoms with Crippen LogP contribution in [0.2, 0.25) is 0 Å². The van der Waals surface area contributed by atoms with Gasteiger partial charge in [0.25, 0.3) is 5.91 Å².